The molecule has 5 heteroatoms. The van der Waals surface area contributed by atoms with E-state index in [1.165, 1.54) is 18.4 Å². The molecule has 1 aliphatic carbocycles. The zero-order valence-corrected chi connectivity index (χ0v) is 13.0. The highest BCUT2D eigenvalue weighted by molar-refractivity contribution is 5.33. The minimum absolute atomic E-state index is 0.535. The number of nitrogens with zero attached hydrogens (tertiary/aromatic N) is 4. The summed E-state index contributed by atoms with van der Waals surface area (Å²) in [6, 6.07) is 12.0. The molecule has 0 bridgehead atoms. The van der Waals surface area contributed by atoms with Crippen molar-refractivity contribution >= 4 is 0 Å². The van der Waals surface area contributed by atoms with E-state index in [1.54, 1.807) is 19.5 Å². The molecule has 5 nitrogen and oxygen atoms in total. The van der Waals surface area contributed by atoms with Gasteiger partial charge in [0.1, 0.15) is 11.6 Å². The van der Waals surface area contributed by atoms with E-state index >= 15 is 0 Å². The molecule has 0 amide bonds. The Labute approximate surface area is 135 Å². The second-order valence-corrected chi connectivity index (χ2v) is 5.80. The monoisotopic (exact) mass is 306 g/mol. The average Bonchev–Trinajstić information content (AvgIpc) is 3.38. The maximum atomic E-state index is 5.22. The van der Waals surface area contributed by atoms with Gasteiger partial charge in [-0.3, -0.25) is 4.98 Å². The predicted molar refractivity (Wildman–Crippen MR) is 86.9 cm³/mol. The molecule has 23 heavy (non-hydrogen) atoms. The van der Waals surface area contributed by atoms with Crippen LogP contribution in [0.4, 0.5) is 0 Å². The first-order valence-corrected chi connectivity index (χ1v) is 7.82. The van der Waals surface area contributed by atoms with Crippen LogP contribution in [-0.2, 0) is 6.42 Å². The number of hydrogen-bond donors (Lipinski definition) is 0. The summed E-state index contributed by atoms with van der Waals surface area (Å²) in [5, 5.41) is 4.73. The van der Waals surface area contributed by atoms with Crippen molar-refractivity contribution < 1.29 is 4.74 Å². The van der Waals surface area contributed by atoms with Crippen LogP contribution < -0.4 is 4.74 Å². The Hall–Kier alpha value is -2.69. The molecule has 4 rings (SSSR count). The Bertz CT molecular complexity index is 792. The molecule has 0 aliphatic heterocycles. The number of rotatable bonds is 5. The Balaban J connectivity index is 1.68. The maximum absolute atomic E-state index is 5.22. The van der Waals surface area contributed by atoms with Crippen molar-refractivity contribution in [1.29, 1.82) is 0 Å². The fourth-order valence-corrected chi connectivity index (χ4v) is 2.61. The van der Waals surface area contributed by atoms with Crippen molar-refractivity contribution in [2.24, 2.45) is 0 Å². The van der Waals surface area contributed by atoms with E-state index in [4.69, 9.17) is 14.8 Å². The molecule has 1 fully saturated rings. The smallest absolute Gasteiger partial charge is 0.154 e. The Morgan fingerprint density at radius 2 is 1.83 bits per heavy atom. The lowest BCUT2D eigenvalue weighted by atomic mass is 10.1. The van der Waals surface area contributed by atoms with Crippen LogP contribution in [0, 0.1) is 0 Å². The van der Waals surface area contributed by atoms with E-state index < -0.39 is 0 Å². The van der Waals surface area contributed by atoms with Gasteiger partial charge in [0.15, 0.2) is 5.82 Å². The zero-order chi connectivity index (χ0) is 15.6. The lowest BCUT2D eigenvalue weighted by Gasteiger charge is -2.06. The molecular weight excluding hydrogens is 288 g/mol. The van der Waals surface area contributed by atoms with Crippen LogP contribution in [-0.4, -0.2) is 26.9 Å². The summed E-state index contributed by atoms with van der Waals surface area (Å²) in [7, 11) is 1.68. The maximum Gasteiger partial charge on any atom is 0.154 e. The molecule has 3 aromatic rings. The SMILES string of the molecule is COc1ccc(Cc2nc(C3CC3)nn2-c2ccncc2)cc1. The van der Waals surface area contributed by atoms with Crippen molar-refractivity contribution in [3.63, 3.8) is 0 Å². The summed E-state index contributed by atoms with van der Waals surface area (Å²) in [6.45, 7) is 0. The highest BCUT2D eigenvalue weighted by atomic mass is 16.5. The van der Waals surface area contributed by atoms with E-state index in [-0.39, 0.29) is 0 Å². The van der Waals surface area contributed by atoms with E-state index in [9.17, 15) is 0 Å². The topological polar surface area (TPSA) is 52.8 Å². The van der Waals surface area contributed by atoms with Gasteiger partial charge in [0, 0.05) is 24.7 Å². The van der Waals surface area contributed by atoms with Gasteiger partial charge in [-0.05, 0) is 42.7 Å². The van der Waals surface area contributed by atoms with Gasteiger partial charge in [-0.1, -0.05) is 12.1 Å². The van der Waals surface area contributed by atoms with Crippen molar-refractivity contribution in [1.82, 2.24) is 19.7 Å². The molecule has 1 saturated carbocycles. The predicted octanol–water partition coefficient (Wildman–Crippen LogP) is 3.14. The fourth-order valence-electron chi connectivity index (χ4n) is 2.61. The normalized spacial score (nSPS) is 14.0. The van der Waals surface area contributed by atoms with Gasteiger partial charge < -0.3 is 4.74 Å². The highest BCUT2D eigenvalue weighted by Crippen LogP contribution is 2.38. The molecule has 0 atom stereocenters. The van der Waals surface area contributed by atoms with Gasteiger partial charge in [-0.2, -0.15) is 5.10 Å². The fraction of sp³-hybridized carbons (Fsp3) is 0.278. The van der Waals surface area contributed by atoms with Crippen LogP contribution >= 0.6 is 0 Å². The van der Waals surface area contributed by atoms with Crippen LogP contribution in [0.2, 0.25) is 0 Å². The first kappa shape index (κ1) is 13.9. The summed E-state index contributed by atoms with van der Waals surface area (Å²) < 4.78 is 7.16. The highest BCUT2D eigenvalue weighted by Gasteiger charge is 2.29. The Kier molecular flexibility index (Phi) is 3.54. The van der Waals surface area contributed by atoms with Crippen LogP contribution in [0.15, 0.2) is 48.8 Å². The molecule has 1 aliphatic rings. The minimum Gasteiger partial charge on any atom is -0.497 e. The third-order valence-electron chi connectivity index (χ3n) is 4.06. The van der Waals surface area contributed by atoms with Gasteiger partial charge >= 0.3 is 0 Å². The summed E-state index contributed by atoms with van der Waals surface area (Å²) in [4.78, 5) is 8.87. The third-order valence-corrected chi connectivity index (χ3v) is 4.06. The number of hydrogen-bond acceptors (Lipinski definition) is 4. The second kappa shape index (κ2) is 5.83. The van der Waals surface area contributed by atoms with Crippen molar-refractivity contribution in [2.45, 2.75) is 25.2 Å². The third kappa shape index (κ3) is 2.95. The lowest BCUT2D eigenvalue weighted by Crippen LogP contribution is -2.04. The molecule has 0 unspecified atom stereocenters. The molecule has 2 aromatic heterocycles. The Morgan fingerprint density at radius 3 is 2.48 bits per heavy atom. The largest absolute Gasteiger partial charge is 0.497 e. The molecule has 0 N–H and O–H groups in total. The standard InChI is InChI=1S/C18H18N4O/c1-23-16-6-2-13(3-7-16)12-17-20-18(14-4-5-14)21-22(17)15-8-10-19-11-9-15/h2-3,6-11,14H,4-5,12H2,1H3. The van der Waals surface area contributed by atoms with Crippen LogP contribution in [0.5, 0.6) is 5.75 Å². The van der Waals surface area contributed by atoms with Gasteiger partial charge in [-0.25, -0.2) is 9.67 Å². The van der Waals surface area contributed by atoms with Crippen LogP contribution in [0.1, 0.15) is 36.0 Å². The van der Waals surface area contributed by atoms with Gasteiger partial charge in [-0.15, -0.1) is 0 Å². The molecule has 0 radical (unpaired) electrons. The molecule has 0 saturated heterocycles. The number of aromatic nitrogens is 4. The van der Waals surface area contributed by atoms with Crippen LogP contribution in [0.3, 0.4) is 0 Å². The summed E-state index contributed by atoms with van der Waals surface area (Å²) >= 11 is 0. The van der Waals surface area contributed by atoms with Crippen molar-refractivity contribution in [3.8, 4) is 11.4 Å². The average molecular weight is 306 g/mol. The molecule has 2 heterocycles. The van der Waals surface area contributed by atoms with Gasteiger partial charge in [0.05, 0.1) is 12.8 Å². The molecule has 116 valence electrons. The lowest BCUT2D eigenvalue weighted by molar-refractivity contribution is 0.414. The second-order valence-electron chi connectivity index (χ2n) is 5.80. The first-order chi connectivity index (χ1) is 11.3. The number of pyridine rings is 1. The number of benzene rings is 1. The molecular formula is C18H18N4O. The number of methoxy groups -OCH3 is 1. The first-order valence-electron chi connectivity index (χ1n) is 7.82. The van der Waals surface area contributed by atoms with Gasteiger partial charge in [0.25, 0.3) is 0 Å². The molecule has 0 spiro atoms. The van der Waals surface area contributed by atoms with E-state index in [0.717, 1.165) is 29.5 Å². The summed E-state index contributed by atoms with van der Waals surface area (Å²) in [6.07, 6.45) is 6.70. The Morgan fingerprint density at radius 1 is 1.09 bits per heavy atom. The van der Waals surface area contributed by atoms with Gasteiger partial charge in [0.2, 0.25) is 0 Å². The summed E-state index contributed by atoms with van der Waals surface area (Å²) in [5.74, 6) is 3.32. The molecule has 1 aromatic carbocycles. The minimum atomic E-state index is 0.535. The zero-order valence-electron chi connectivity index (χ0n) is 13.0. The van der Waals surface area contributed by atoms with Crippen molar-refractivity contribution in [2.75, 3.05) is 7.11 Å². The van der Waals surface area contributed by atoms with Crippen molar-refractivity contribution in [3.05, 3.63) is 66.0 Å². The number of ether oxygens (including phenoxy) is 1. The van der Waals surface area contributed by atoms with Crippen LogP contribution in [0.25, 0.3) is 5.69 Å². The van der Waals surface area contributed by atoms with E-state index in [0.29, 0.717) is 5.92 Å². The van der Waals surface area contributed by atoms with E-state index in [1.807, 2.05) is 28.9 Å². The summed E-state index contributed by atoms with van der Waals surface area (Å²) in [5.41, 5.74) is 2.19. The quantitative estimate of drug-likeness (QED) is 0.726. The van der Waals surface area contributed by atoms with E-state index in [2.05, 4.69) is 17.1 Å².